The van der Waals surface area contributed by atoms with Crippen LogP contribution in [0.1, 0.15) is 26.3 Å². The van der Waals surface area contributed by atoms with E-state index < -0.39 is 4.92 Å². The summed E-state index contributed by atoms with van der Waals surface area (Å²) in [5, 5.41) is 11.0. The van der Waals surface area contributed by atoms with Gasteiger partial charge in [-0.25, -0.2) is 4.98 Å². The molecule has 1 aromatic carbocycles. The third kappa shape index (κ3) is 2.93. The van der Waals surface area contributed by atoms with E-state index >= 15 is 0 Å². The Morgan fingerprint density at radius 1 is 1.15 bits per heavy atom. The molecule has 0 unspecified atom stereocenters. The minimum Gasteiger partial charge on any atom is -0.433 e. The molecule has 104 valence electrons. The maximum absolute atomic E-state index is 11.0. The summed E-state index contributed by atoms with van der Waals surface area (Å²) in [6, 6.07) is 10.4. The second-order valence-corrected chi connectivity index (χ2v) is 5.43. The molecule has 1 heterocycles. The predicted octanol–water partition coefficient (Wildman–Crippen LogP) is 4.08. The van der Waals surface area contributed by atoms with Gasteiger partial charge in [0.15, 0.2) is 0 Å². The van der Waals surface area contributed by atoms with Crippen molar-refractivity contribution in [2.75, 3.05) is 0 Å². The second-order valence-electron chi connectivity index (χ2n) is 5.43. The first kappa shape index (κ1) is 14.0. The smallest absolute Gasteiger partial charge is 0.331 e. The minimum atomic E-state index is -0.498. The van der Waals surface area contributed by atoms with Crippen molar-refractivity contribution < 1.29 is 9.66 Å². The highest BCUT2D eigenvalue weighted by Crippen LogP contribution is 2.35. The number of benzene rings is 1. The molecule has 0 atom stereocenters. The first-order valence-electron chi connectivity index (χ1n) is 6.26. The van der Waals surface area contributed by atoms with E-state index in [4.69, 9.17) is 4.74 Å². The Bertz CT molecular complexity index is 633. The molecule has 0 N–H and O–H groups in total. The van der Waals surface area contributed by atoms with E-state index in [9.17, 15) is 10.1 Å². The summed E-state index contributed by atoms with van der Waals surface area (Å²) in [6.45, 7) is 6.17. The lowest BCUT2D eigenvalue weighted by Crippen LogP contribution is -2.12. The second kappa shape index (κ2) is 5.28. The third-order valence-electron chi connectivity index (χ3n) is 2.85. The van der Waals surface area contributed by atoms with Crippen molar-refractivity contribution in [3.8, 4) is 11.6 Å². The van der Waals surface area contributed by atoms with Gasteiger partial charge in [-0.05, 0) is 17.5 Å². The molecule has 0 bridgehead atoms. The van der Waals surface area contributed by atoms with Crippen LogP contribution >= 0.6 is 0 Å². The molecule has 0 amide bonds. The fraction of sp³-hybridized carbons (Fsp3) is 0.267. The van der Waals surface area contributed by atoms with E-state index in [0.717, 1.165) is 5.56 Å². The maximum Gasteiger partial charge on any atom is 0.331 e. The lowest BCUT2D eigenvalue weighted by atomic mass is 9.86. The molecule has 0 saturated carbocycles. The number of rotatable bonds is 3. The Hall–Kier alpha value is -2.43. The van der Waals surface area contributed by atoms with Crippen molar-refractivity contribution >= 4 is 5.69 Å². The summed E-state index contributed by atoms with van der Waals surface area (Å²) < 4.78 is 5.68. The molecule has 0 aliphatic carbocycles. The number of aromatic nitrogens is 1. The van der Waals surface area contributed by atoms with Crippen molar-refractivity contribution in [3.05, 3.63) is 58.3 Å². The topological polar surface area (TPSA) is 65.3 Å². The van der Waals surface area contributed by atoms with Gasteiger partial charge in [-0.2, -0.15) is 0 Å². The summed E-state index contributed by atoms with van der Waals surface area (Å²) in [7, 11) is 0. The molecule has 1 aromatic heterocycles. The van der Waals surface area contributed by atoms with Gasteiger partial charge in [0.1, 0.15) is 5.75 Å². The highest BCUT2D eigenvalue weighted by Gasteiger charge is 2.22. The molecular weight excluding hydrogens is 256 g/mol. The van der Waals surface area contributed by atoms with Gasteiger partial charge in [-0.1, -0.05) is 39.0 Å². The number of ether oxygens (including phenoxy) is 1. The van der Waals surface area contributed by atoms with Crippen LogP contribution in [0.25, 0.3) is 0 Å². The first-order chi connectivity index (χ1) is 9.39. The van der Waals surface area contributed by atoms with Crippen LogP contribution in [-0.2, 0) is 5.41 Å². The summed E-state index contributed by atoms with van der Waals surface area (Å²) in [5.41, 5.74) is 0.705. The first-order valence-corrected chi connectivity index (χ1v) is 6.26. The van der Waals surface area contributed by atoms with Gasteiger partial charge in [0.25, 0.3) is 5.88 Å². The summed E-state index contributed by atoms with van der Waals surface area (Å²) in [4.78, 5) is 14.4. The van der Waals surface area contributed by atoms with Gasteiger partial charge in [-0.3, -0.25) is 10.1 Å². The SMILES string of the molecule is CC(C)(C)c1ccccc1Oc1ncccc1[N+](=O)[O-]. The summed E-state index contributed by atoms with van der Waals surface area (Å²) in [5.74, 6) is 0.594. The van der Waals surface area contributed by atoms with E-state index in [-0.39, 0.29) is 17.0 Å². The monoisotopic (exact) mass is 272 g/mol. The third-order valence-corrected chi connectivity index (χ3v) is 2.85. The number of nitrogens with zero attached hydrogens (tertiary/aromatic N) is 2. The van der Waals surface area contributed by atoms with Gasteiger partial charge in [0.05, 0.1) is 4.92 Å². The van der Waals surface area contributed by atoms with Gasteiger partial charge in [0.2, 0.25) is 0 Å². The van der Waals surface area contributed by atoms with Crippen LogP contribution in [0.15, 0.2) is 42.6 Å². The van der Waals surface area contributed by atoms with Crippen LogP contribution in [-0.4, -0.2) is 9.91 Å². The number of nitro groups is 1. The fourth-order valence-electron chi connectivity index (χ4n) is 1.88. The van der Waals surface area contributed by atoms with Crippen LogP contribution in [0.4, 0.5) is 5.69 Å². The van der Waals surface area contributed by atoms with Gasteiger partial charge in [-0.15, -0.1) is 0 Å². The van der Waals surface area contributed by atoms with E-state index in [2.05, 4.69) is 25.8 Å². The molecule has 5 heteroatoms. The van der Waals surface area contributed by atoms with E-state index in [1.807, 2.05) is 18.2 Å². The van der Waals surface area contributed by atoms with Crippen LogP contribution in [0.5, 0.6) is 11.6 Å². The Kier molecular flexibility index (Phi) is 3.70. The van der Waals surface area contributed by atoms with Gasteiger partial charge < -0.3 is 4.74 Å². The molecule has 0 radical (unpaired) electrons. The molecule has 0 aliphatic rings. The number of hydrogen-bond donors (Lipinski definition) is 0. The normalized spacial score (nSPS) is 11.2. The molecule has 0 fully saturated rings. The lowest BCUT2D eigenvalue weighted by molar-refractivity contribution is -0.386. The molecule has 5 nitrogen and oxygen atoms in total. The average Bonchev–Trinajstić information content (AvgIpc) is 2.38. The molecule has 2 aromatic rings. The van der Waals surface area contributed by atoms with Crippen molar-refractivity contribution in [1.82, 2.24) is 4.98 Å². The van der Waals surface area contributed by atoms with Crippen molar-refractivity contribution in [2.45, 2.75) is 26.2 Å². The summed E-state index contributed by atoms with van der Waals surface area (Å²) in [6.07, 6.45) is 1.47. The maximum atomic E-state index is 11.0. The lowest BCUT2D eigenvalue weighted by Gasteiger charge is -2.22. The van der Waals surface area contributed by atoms with Crippen molar-refractivity contribution in [2.24, 2.45) is 0 Å². The van der Waals surface area contributed by atoms with Gasteiger partial charge >= 0.3 is 5.69 Å². The summed E-state index contributed by atoms with van der Waals surface area (Å²) >= 11 is 0. The highest BCUT2D eigenvalue weighted by molar-refractivity contribution is 5.46. The van der Waals surface area contributed by atoms with Crippen molar-refractivity contribution in [1.29, 1.82) is 0 Å². The quantitative estimate of drug-likeness (QED) is 0.623. The standard InChI is InChI=1S/C15H16N2O3/c1-15(2,3)11-7-4-5-9-13(11)20-14-12(17(18)19)8-6-10-16-14/h4-10H,1-3H3. The Morgan fingerprint density at radius 3 is 2.50 bits per heavy atom. The Labute approximate surface area is 117 Å². The van der Waals surface area contributed by atoms with Crippen molar-refractivity contribution in [3.63, 3.8) is 0 Å². The number of hydrogen-bond acceptors (Lipinski definition) is 4. The van der Waals surface area contributed by atoms with Crippen LogP contribution < -0.4 is 4.74 Å². The molecule has 0 spiro atoms. The van der Waals surface area contributed by atoms with E-state index in [1.54, 1.807) is 6.07 Å². The largest absolute Gasteiger partial charge is 0.433 e. The number of pyridine rings is 1. The zero-order chi connectivity index (χ0) is 14.8. The predicted molar refractivity (Wildman–Crippen MR) is 76.1 cm³/mol. The Balaban J connectivity index is 2.44. The zero-order valence-electron chi connectivity index (χ0n) is 11.7. The van der Waals surface area contributed by atoms with Crippen LogP contribution in [0.2, 0.25) is 0 Å². The zero-order valence-corrected chi connectivity index (χ0v) is 11.7. The van der Waals surface area contributed by atoms with Gasteiger partial charge in [0, 0.05) is 17.8 Å². The van der Waals surface area contributed by atoms with Crippen LogP contribution in [0.3, 0.4) is 0 Å². The fourth-order valence-corrected chi connectivity index (χ4v) is 1.88. The van der Waals surface area contributed by atoms with E-state index in [1.165, 1.54) is 18.3 Å². The average molecular weight is 272 g/mol. The molecule has 2 rings (SSSR count). The van der Waals surface area contributed by atoms with E-state index in [0.29, 0.717) is 5.75 Å². The Morgan fingerprint density at radius 2 is 1.85 bits per heavy atom. The molecule has 0 saturated heterocycles. The molecule has 20 heavy (non-hydrogen) atoms. The highest BCUT2D eigenvalue weighted by atomic mass is 16.6. The number of para-hydroxylation sites is 1. The molecule has 0 aliphatic heterocycles. The van der Waals surface area contributed by atoms with Crippen LogP contribution in [0, 0.1) is 10.1 Å². The molecular formula is C15H16N2O3. The minimum absolute atomic E-state index is 0.00852.